The first-order valence-electron chi connectivity index (χ1n) is 6.45. The van der Waals surface area contributed by atoms with Gasteiger partial charge in [0.1, 0.15) is 12.2 Å². The quantitative estimate of drug-likeness (QED) is 0.844. The minimum Gasteiger partial charge on any atom is -0.349 e. The van der Waals surface area contributed by atoms with Gasteiger partial charge in [0.05, 0.1) is 6.54 Å². The van der Waals surface area contributed by atoms with Crippen LogP contribution in [0.4, 0.5) is 0 Å². The third-order valence-corrected chi connectivity index (χ3v) is 4.13. The average molecular weight is 234 g/mol. The van der Waals surface area contributed by atoms with Gasteiger partial charge < -0.3 is 5.32 Å². The van der Waals surface area contributed by atoms with Crippen molar-refractivity contribution in [3.8, 4) is 0 Å². The highest BCUT2D eigenvalue weighted by atomic mass is 16.2. The van der Waals surface area contributed by atoms with Crippen LogP contribution < -0.4 is 5.32 Å². The fourth-order valence-electron chi connectivity index (χ4n) is 3.18. The summed E-state index contributed by atoms with van der Waals surface area (Å²) in [6.45, 7) is 3.31. The molecule has 5 nitrogen and oxygen atoms in total. The van der Waals surface area contributed by atoms with E-state index < -0.39 is 0 Å². The molecule has 1 N–H and O–H groups in total. The van der Waals surface area contributed by atoms with E-state index in [1.165, 1.54) is 25.6 Å². The lowest BCUT2D eigenvalue weighted by atomic mass is 10.1. The number of carbonyl (C=O) groups excluding carboxylic acids is 1. The zero-order valence-electron chi connectivity index (χ0n) is 10.1. The molecule has 0 aromatic carbocycles. The molecule has 2 saturated carbocycles. The lowest BCUT2D eigenvalue weighted by molar-refractivity contribution is -0.123. The third-order valence-electron chi connectivity index (χ3n) is 4.13. The van der Waals surface area contributed by atoms with Gasteiger partial charge in [0, 0.05) is 12.5 Å². The molecule has 0 spiro atoms. The van der Waals surface area contributed by atoms with E-state index in [1.54, 1.807) is 0 Å². The van der Waals surface area contributed by atoms with Crippen LogP contribution in [0.25, 0.3) is 0 Å². The van der Waals surface area contributed by atoms with Crippen LogP contribution in [0, 0.1) is 17.8 Å². The summed E-state index contributed by atoms with van der Waals surface area (Å²) in [5, 5.41) is 7.07. The molecule has 0 aliphatic heterocycles. The lowest BCUT2D eigenvalue weighted by Crippen LogP contribution is -2.27. The van der Waals surface area contributed by atoms with E-state index in [1.807, 2.05) is 11.6 Å². The molecular formula is C12H18N4O. The molecule has 0 unspecified atom stereocenters. The van der Waals surface area contributed by atoms with E-state index in [-0.39, 0.29) is 5.91 Å². The molecule has 2 aliphatic rings. The highest BCUT2D eigenvalue weighted by Crippen LogP contribution is 2.57. The Balaban J connectivity index is 1.53. The summed E-state index contributed by atoms with van der Waals surface area (Å²) in [7, 11) is 0. The van der Waals surface area contributed by atoms with Crippen molar-refractivity contribution in [1.82, 2.24) is 20.1 Å². The molecule has 2 aliphatic carbocycles. The molecule has 3 rings (SSSR count). The van der Waals surface area contributed by atoms with Crippen molar-refractivity contribution in [3.63, 3.8) is 0 Å². The third kappa shape index (κ3) is 1.83. The Kier molecular flexibility index (Phi) is 2.61. The van der Waals surface area contributed by atoms with Crippen LogP contribution >= 0.6 is 0 Å². The number of aromatic nitrogens is 3. The number of amides is 1. The van der Waals surface area contributed by atoms with Crippen LogP contribution in [-0.2, 0) is 17.9 Å². The summed E-state index contributed by atoms with van der Waals surface area (Å²) in [6, 6.07) is 0. The molecule has 1 aromatic heterocycles. The van der Waals surface area contributed by atoms with Crippen LogP contribution in [0.3, 0.4) is 0 Å². The van der Waals surface area contributed by atoms with E-state index in [0.29, 0.717) is 24.3 Å². The predicted octanol–water partition coefficient (Wildman–Crippen LogP) is 0.960. The van der Waals surface area contributed by atoms with E-state index in [0.717, 1.165) is 12.4 Å². The molecule has 0 radical (unpaired) electrons. The normalized spacial score (nSPS) is 30.1. The summed E-state index contributed by atoms with van der Waals surface area (Å²) in [5.41, 5.74) is 0. The molecule has 5 heteroatoms. The minimum atomic E-state index is 0.213. The van der Waals surface area contributed by atoms with E-state index >= 15 is 0 Å². The maximum absolute atomic E-state index is 11.9. The number of aryl methyl sites for hydroxylation is 1. The van der Waals surface area contributed by atoms with Gasteiger partial charge >= 0.3 is 0 Å². The van der Waals surface area contributed by atoms with Gasteiger partial charge in [0.15, 0.2) is 0 Å². The molecule has 1 amide bonds. The summed E-state index contributed by atoms with van der Waals surface area (Å²) in [4.78, 5) is 16.1. The zero-order chi connectivity index (χ0) is 11.8. The maximum atomic E-state index is 11.9. The first-order valence-corrected chi connectivity index (χ1v) is 6.45. The molecule has 1 aromatic rings. The van der Waals surface area contributed by atoms with Gasteiger partial charge in [0.25, 0.3) is 0 Å². The van der Waals surface area contributed by atoms with Crippen molar-refractivity contribution in [1.29, 1.82) is 0 Å². The van der Waals surface area contributed by atoms with Gasteiger partial charge in [-0.1, -0.05) is 6.42 Å². The molecule has 1 heterocycles. The Morgan fingerprint density at radius 1 is 1.53 bits per heavy atom. The van der Waals surface area contributed by atoms with Crippen molar-refractivity contribution in [2.75, 3.05) is 0 Å². The Hall–Kier alpha value is -1.39. The number of carbonyl (C=O) groups is 1. The number of nitrogens with one attached hydrogen (secondary N) is 1. The molecule has 17 heavy (non-hydrogen) atoms. The van der Waals surface area contributed by atoms with Gasteiger partial charge in [-0.05, 0) is 31.6 Å². The lowest BCUT2D eigenvalue weighted by Gasteiger charge is -2.06. The Bertz CT molecular complexity index is 418. The first-order chi connectivity index (χ1) is 8.31. The fourth-order valence-corrected chi connectivity index (χ4v) is 3.18. The second-order valence-corrected chi connectivity index (χ2v) is 4.99. The molecule has 0 saturated heterocycles. The fraction of sp³-hybridized carbons (Fsp3) is 0.750. The van der Waals surface area contributed by atoms with Crippen molar-refractivity contribution in [2.24, 2.45) is 17.8 Å². The Morgan fingerprint density at radius 2 is 2.29 bits per heavy atom. The summed E-state index contributed by atoms with van der Waals surface area (Å²) >= 11 is 0. The first kappa shape index (κ1) is 10.7. The van der Waals surface area contributed by atoms with Crippen LogP contribution in [0.1, 0.15) is 32.0 Å². The van der Waals surface area contributed by atoms with Gasteiger partial charge in [0.2, 0.25) is 5.91 Å². The number of fused-ring (bicyclic) bond motifs is 1. The molecule has 2 fully saturated rings. The monoisotopic (exact) mass is 234 g/mol. The van der Waals surface area contributed by atoms with Gasteiger partial charge in [-0.3, -0.25) is 4.79 Å². The predicted molar refractivity (Wildman–Crippen MR) is 61.9 cm³/mol. The second kappa shape index (κ2) is 4.13. The van der Waals surface area contributed by atoms with Gasteiger partial charge in [-0.25, -0.2) is 9.67 Å². The highest BCUT2D eigenvalue weighted by molar-refractivity contribution is 5.82. The van der Waals surface area contributed by atoms with Crippen LogP contribution in [0.2, 0.25) is 0 Å². The topological polar surface area (TPSA) is 59.8 Å². The average Bonchev–Trinajstić information content (AvgIpc) is 2.75. The summed E-state index contributed by atoms with van der Waals surface area (Å²) in [5.74, 6) is 2.71. The van der Waals surface area contributed by atoms with E-state index in [2.05, 4.69) is 15.4 Å². The minimum absolute atomic E-state index is 0.213. The van der Waals surface area contributed by atoms with Gasteiger partial charge in [-0.2, -0.15) is 5.10 Å². The summed E-state index contributed by atoms with van der Waals surface area (Å²) < 4.78 is 1.81. The molecule has 92 valence electrons. The number of rotatable bonds is 4. The zero-order valence-corrected chi connectivity index (χ0v) is 10.1. The van der Waals surface area contributed by atoms with Crippen molar-refractivity contribution in [2.45, 2.75) is 39.3 Å². The molecular weight excluding hydrogens is 216 g/mol. The van der Waals surface area contributed by atoms with Crippen LogP contribution in [0.15, 0.2) is 6.33 Å². The Morgan fingerprint density at radius 3 is 3.00 bits per heavy atom. The van der Waals surface area contributed by atoms with Crippen LogP contribution in [0.5, 0.6) is 0 Å². The second-order valence-electron chi connectivity index (χ2n) is 4.99. The highest BCUT2D eigenvalue weighted by Gasteiger charge is 2.56. The smallest absolute Gasteiger partial charge is 0.224 e. The molecule has 0 bridgehead atoms. The Labute approximate surface area is 101 Å². The SMILES string of the molecule is CCn1ncnc1CNC(=O)C1[C@H]2CCC[C@H]12. The standard InChI is InChI=1S/C12H18N4O/c1-2-16-10(14-7-15-16)6-13-12(17)11-8-4-3-5-9(8)11/h7-9,11H,2-6H2,1H3,(H,13,17)/t8-,9-/m0/s1. The molecule has 2 atom stereocenters. The largest absolute Gasteiger partial charge is 0.349 e. The van der Waals surface area contributed by atoms with Gasteiger partial charge in [-0.15, -0.1) is 0 Å². The maximum Gasteiger partial charge on any atom is 0.224 e. The van der Waals surface area contributed by atoms with Crippen molar-refractivity contribution >= 4 is 5.91 Å². The van der Waals surface area contributed by atoms with E-state index in [9.17, 15) is 4.79 Å². The van der Waals surface area contributed by atoms with Crippen LogP contribution in [-0.4, -0.2) is 20.7 Å². The van der Waals surface area contributed by atoms with Crippen molar-refractivity contribution < 1.29 is 4.79 Å². The summed E-state index contributed by atoms with van der Waals surface area (Å²) in [6.07, 6.45) is 5.34. The van der Waals surface area contributed by atoms with Crippen molar-refractivity contribution in [3.05, 3.63) is 12.2 Å². The van der Waals surface area contributed by atoms with E-state index in [4.69, 9.17) is 0 Å². The number of hydrogen-bond donors (Lipinski definition) is 1. The number of nitrogens with zero attached hydrogens (tertiary/aromatic N) is 3. The number of hydrogen-bond acceptors (Lipinski definition) is 3.